The molecule has 2 saturated carbocycles. The highest BCUT2D eigenvalue weighted by Crippen LogP contribution is 2.49. The summed E-state index contributed by atoms with van der Waals surface area (Å²) < 4.78 is 0. The Morgan fingerprint density at radius 3 is 2.38 bits per heavy atom. The molecule has 0 spiro atoms. The number of amides is 3. The summed E-state index contributed by atoms with van der Waals surface area (Å²) in [6.45, 7) is 1.85. The molecule has 3 amide bonds. The van der Waals surface area contributed by atoms with Crippen molar-refractivity contribution < 1.29 is 14.4 Å². The highest BCUT2D eigenvalue weighted by atomic mass is 16.2. The maximum atomic E-state index is 12.4. The van der Waals surface area contributed by atoms with Crippen LogP contribution in [0.2, 0.25) is 0 Å². The topological polar surface area (TPSA) is 66.5 Å². The minimum absolute atomic E-state index is 0.1000. The third kappa shape index (κ3) is 2.43. The van der Waals surface area contributed by atoms with E-state index in [4.69, 9.17) is 0 Å². The van der Waals surface area contributed by atoms with Crippen LogP contribution in [0.3, 0.4) is 0 Å². The molecule has 1 N–H and O–H groups in total. The van der Waals surface area contributed by atoms with E-state index < -0.39 is 0 Å². The number of hydrogen-bond acceptors (Lipinski definition) is 3. The number of rotatable bonds is 4. The highest BCUT2D eigenvalue weighted by Gasteiger charge is 2.42. The molecule has 2 bridgehead atoms. The van der Waals surface area contributed by atoms with Crippen molar-refractivity contribution in [1.29, 1.82) is 0 Å². The molecule has 2 aliphatic carbocycles. The van der Waals surface area contributed by atoms with Crippen LogP contribution in [0.15, 0.2) is 24.3 Å². The Kier molecular flexibility index (Phi) is 3.66. The molecule has 0 saturated heterocycles. The van der Waals surface area contributed by atoms with Crippen molar-refractivity contribution in [2.45, 2.75) is 38.6 Å². The summed E-state index contributed by atoms with van der Waals surface area (Å²) in [7, 11) is 0. The molecule has 5 heteroatoms. The lowest BCUT2D eigenvalue weighted by Gasteiger charge is -2.29. The zero-order valence-corrected chi connectivity index (χ0v) is 13.8. The van der Waals surface area contributed by atoms with E-state index in [0.29, 0.717) is 17.0 Å². The van der Waals surface area contributed by atoms with Gasteiger partial charge in [-0.2, -0.15) is 0 Å². The molecule has 0 aromatic heterocycles. The molecule has 4 atom stereocenters. The Balaban J connectivity index is 1.38. The molecule has 5 nitrogen and oxygen atoms in total. The Morgan fingerprint density at radius 1 is 1.17 bits per heavy atom. The number of carbonyl (C=O) groups excluding carboxylic acids is 3. The van der Waals surface area contributed by atoms with Crippen LogP contribution in [0, 0.1) is 17.8 Å². The van der Waals surface area contributed by atoms with Gasteiger partial charge in [0.25, 0.3) is 11.8 Å². The first-order valence-corrected chi connectivity index (χ1v) is 8.79. The molecule has 1 aromatic rings. The number of nitrogens with one attached hydrogen (secondary N) is 1. The fourth-order valence-corrected chi connectivity index (χ4v) is 4.84. The van der Waals surface area contributed by atoms with E-state index in [1.165, 1.54) is 25.7 Å². The van der Waals surface area contributed by atoms with E-state index in [-0.39, 0.29) is 30.3 Å². The van der Waals surface area contributed by atoms with Crippen LogP contribution in [0.25, 0.3) is 0 Å². The number of carbonyl (C=O) groups is 3. The lowest BCUT2D eigenvalue weighted by molar-refractivity contribution is -0.122. The van der Waals surface area contributed by atoms with E-state index in [1.807, 2.05) is 6.92 Å². The standard InChI is InChI=1S/C19H22N2O3/c1-11(16-9-12-6-7-13(16)8-12)20-17(22)10-21-18(23)14-4-2-3-5-15(14)19(21)24/h2-5,11-13,16H,6-10H2,1H3,(H,20,22)/t11-,12+,13+,16-/m0/s1. The van der Waals surface area contributed by atoms with Gasteiger partial charge in [-0.25, -0.2) is 0 Å². The van der Waals surface area contributed by atoms with E-state index in [0.717, 1.165) is 16.7 Å². The third-order valence-corrected chi connectivity index (χ3v) is 6.00. The smallest absolute Gasteiger partial charge is 0.262 e. The number of benzene rings is 1. The summed E-state index contributed by atoms with van der Waals surface area (Å²) in [5, 5.41) is 3.02. The van der Waals surface area contributed by atoms with Crippen LogP contribution in [0.1, 0.15) is 53.3 Å². The van der Waals surface area contributed by atoms with Gasteiger partial charge in [-0.15, -0.1) is 0 Å². The summed E-state index contributed by atoms with van der Waals surface area (Å²) in [4.78, 5) is 38.0. The largest absolute Gasteiger partial charge is 0.352 e. The average molecular weight is 326 g/mol. The third-order valence-electron chi connectivity index (χ3n) is 6.00. The van der Waals surface area contributed by atoms with Crippen molar-refractivity contribution >= 4 is 17.7 Å². The number of hydrogen-bond donors (Lipinski definition) is 1. The van der Waals surface area contributed by atoms with Crippen LogP contribution in [-0.2, 0) is 4.79 Å². The van der Waals surface area contributed by atoms with Crippen molar-refractivity contribution in [3.63, 3.8) is 0 Å². The predicted octanol–water partition coefficient (Wildman–Crippen LogP) is 2.22. The monoisotopic (exact) mass is 326 g/mol. The molecule has 1 aromatic carbocycles. The lowest BCUT2D eigenvalue weighted by atomic mass is 9.84. The SMILES string of the molecule is C[C@H](NC(=O)CN1C(=O)c2ccccc2C1=O)[C@@H]1C[C@@H]2CC[C@@H]1C2. The molecular weight excluding hydrogens is 304 g/mol. The summed E-state index contributed by atoms with van der Waals surface area (Å²) in [6, 6.07) is 6.81. The minimum Gasteiger partial charge on any atom is -0.352 e. The van der Waals surface area contributed by atoms with Gasteiger partial charge in [0, 0.05) is 6.04 Å². The molecule has 24 heavy (non-hydrogen) atoms. The normalized spacial score (nSPS) is 29.0. The molecule has 1 heterocycles. The maximum Gasteiger partial charge on any atom is 0.262 e. The quantitative estimate of drug-likeness (QED) is 0.863. The molecule has 0 radical (unpaired) electrons. The van der Waals surface area contributed by atoms with Crippen molar-refractivity contribution in [2.75, 3.05) is 6.54 Å². The first-order valence-electron chi connectivity index (χ1n) is 8.79. The van der Waals surface area contributed by atoms with E-state index in [2.05, 4.69) is 5.32 Å². The first kappa shape index (κ1) is 15.4. The van der Waals surface area contributed by atoms with Crippen molar-refractivity contribution in [2.24, 2.45) is 17.8 Å². The Morgan fingerprint density at radius 2 is 1.83 bits per heavy atom. The van der Waals surface area contributed by atoms with Crippen molar-refractivity contribution in [3.8, 4) is 0 Å². The van der Waals surface area contributed by atoms with Gasteiger partial charge in [0.15, 0.2) is 0 Å². The summed E-state index contributed by atoms with van der Waals surface area (Å²) in [5.74, 6) is 1.09. The first-order chi connectivity index (χ1) is 11.5. The molecule has 4 rings (SSSR count). The van der Waals surface area contributed by atoms with E-state index in [9.17, 15) is 14.4 Å². The molecule has 3 aliphatic rings. The summed E-state index contributed by atoms with van der Waals surface area (Å²) in [5.41, 5.74) is 0.771. The van der Waals surface area contributed by atoms with Gasteiger partial charge in [0.2, 0.25) is 5.91 Å². The van der Waals surface area contributed by atoms with Crippen LogP contribution < -0.4 is 5.32 Å². The maximum absolute atomic E-state index is 12.4. The van der Waals surface area contributed by atoms with Gasteiger partial charge in [0.1, 0.15) is 6.54 Å². The molecular formula is C19H22N2O3. The molecule has 0 unspecified atom stereocenters. The Labute approximate surface area is 141 Å². The van der Waals surface area contributed by atoms with Gasteiger partial charge < -0.3 is 5.32 Å². The van der Waals surface area contributed by atoms with E-state index in [1.54, 1.807) is 24.3 Å². The fourth-order valence-electron chi connectivity index (χ4n) is 4.84. The fraction of sp³-hybridized carbons (Fsp3) is 0.526. The van der Waals surface area contributed by atoms with Crippen LogP contribution in [-0.4, -0.2) is 35.2 Å². The van der Waals surface area contributed by atoms with Crippen LogP contribution in [0.4, 0.5) is 0 Å². The minimum atomic E-state index is -0.377. The number of imide groups is 1. The van der Waals surface area contributed by atoms with Gasteiger partial charge in [-0.3, -0.25) is 19.3 Å². The molecule has 126 valence electrons. The second kappa shape index (κ2) is 5.72. The zero-order valence-electron chi connectivity index (χ0n) is 13.8. The van der Waals surface area contributed by atoms with Gasteiger partial charge >= 0.3 is 0 Å². The highest BCUT2D eigenvalue weighted by molar-refractivity contribution is 6.22. The number of nitrogens with zero attached hydrogens (tertiary/aromatic N) is 1. The van der Waals surface area contributed by atoms with Gasteiger partial charge in [-0.05, 0) is 56.1 Å². The van der Waals surface area contributed by atoms with Crippen molar-refractivity contribution in [1.82, 2.24) is 10.2 Å². The second-order valence-electron chi connectivity index (χ2n) is 7.44. The lowest BCUT2D eigenvalue weighted by Crippen LogP contribution is -2.46. The average Bonchev–Trinajstić information content (AvgIpc) is 3.26. The Hall–Kier alpha value is -2.17. The molecule has 1 aliphatic heterocycles. The summed E-state index contributed by atoms with van der Waals surface area (Å²) in [6.07, 6.45) is 5.09. The molecule has 2 fully saturated rings. The van der Waals surface area contributed by atoms with E-state index >= 15 is 0 Å². The van der Waals surface area contributed by atoms with Crippen LogP contribution in [0.5, 0.6) is 0 Å². The number of fused-ring (bicyclic) bond motifs is 3. The van der Waals surface area contributed by atoms with Crippen molar-refractivity contribution in [3.05, 3.63) is 35.4 Å². The van der Waals surface area contributed by atoms with Gasteiger partial charge in [0.05, 0.1) is 11.1 Å². The second-order valence-corrected chi connectivity index (χ2v) is 7.44. The Bertz CT molecular complexity index is 679. The predicted molar refractivity (Wildman–Crippen MR) is 88.4 cm³/mol. The summed E-state index contributed by atoms with van der Waals surface area (Å²) >= 11 is 0. The zero-order chi connectivity index (χ0) is 16.8. The van der Waals surface area contributed by atoms with Crippen LogP contribution >= 0.6 is 0 Å². The van der Waals surface area contributed by atoms with Gasteiger partial charge in [-0.1, -0.05) is 18.6 Å².